The minimum atomic E-state index is -0.957. The standard InChI is InChI=1S/C39H39N9O4/c49-35-8-7-34(37(50)44-35)48-38(51)28-3-2-26(21-29(28)39(48)52)47-19-17-46(18-20-47)16-15-45-13-10-24(11-14-45)31-5-1-25(22-41-31)32-6-4-27-30-23-40-12-9-33(30)43-36(27)42-32/h1-6,9,12,21-24,34H,7-8,10-11,13-20H2,(H,42,43)(H,44,49,50). The molecular weight excluding hydrogens is 658 g/mol. The number of likely N-dealkylation sites (tertiary alicyclic amines) is 1. The number of carbonyl (C=O) groups is 4. The highest BCUT2D eigenvalue weighted by Gasteiger charge is 2.44. The first-order chi connectivity index (χ1) is 25.4. The van der Waals surface area contributed by atoms with Crippen molar-refractivity contribution < 1.29 is 19.2 Å². The number of nitrogens with zero attached hydrogens (tertiary/aromatic N) is 7. The van der Waals surface area contributed by atoms with Crippen LogP contribution in [-0.2, 0) is 9.59 Å². The summed E-state index contributed by atoms with van der Waals surface area (Å²) in [5.74, 6) is -1.47. The van der Waals surface area contributed by atoms with Crippen LogP contribution in [-0.4, -0.2) is 117 Å². The molecule has 4 aliphatic heterocycles. The van der Waals surface area contributed by atoms with E-state index in [0.29, 0.717) is 17.0 Å². The fourth-order valence-electron chi connectivity index (χ4n) is 8.20. The molecule has 1 atom stereocenters. The summed E-state index contributed by atoms with van der Waals surface area (Å²) in [6.45, 7) is 7.62. The molecule has 13 heteroatoms. The maximum atomic E-state index is 13.3. The first-order valence-electron chi connectivity index (χ1n) is 18.1. The first kappa shape index (κ1) is 32.4. The van der Waals surface area contributed by atoms with Crippen LogP contribution in [0.5, 0.6) is 0 Å². The Morgan fingerprint density at radius 2 is 1.54 bits per heavy atom. The molecule has 0 aliphatic carbocycles. The summed E-state index contributed by atoms with van der Waals surface area (Å²) in [6, 6.07) is 14.8. The van der Waals surface area contributed by atoms with Gasteiger partial charge in [0.2, 0.25) is 11.8 Å². The molecular formula is C39H39N9O4. The van der Waals surface area contributed by atoms with Crippen molar-refractivity contribution in [3.63, 3.8) is 0 Å². The van der Waals surface area contributed by atoms with Crippen LogP contribution in [0.1, 0.15) is 58.0 Å². The summed E-state index contributed by atoms with van der Waals surface area (Å²) in [5, 5.41) is 4.40. The Kier molecular flexibility index (Phi) is 8.23. The summed E-state index contributed by atoms with van der Waals surface area (Å²) in [7, 11) is 0. The summed E-state index contributed by atoms with van der Waals surface area (Å²) in [5.41, 5.74) is 6.49. The number of pyridine rings is 3. The number of benzene rings is 1. The van der Waals surface area contributed by atoms with E-state index in [2.05, 4.69) is 54.2 Å². The average Bonchev–Trinajstić information content (AvgIpc) is 3.67. The summed E-state index contributed by atoms with van der Waals surface area (Å²) < 4.78 is 0. The number of carbonyl (C=O) groups excluding carboxylic acids is 4. The Balaban J connectivity index is 0.745. The fourth-order valence-corrected chi connectivity index (χ4v) is 8.20. The van der Waals surface area contributed by atoms with Gasteiger partial charge in [0.1, 0.15) is 11.7 Å². The van der Waals surface area contributed by atoms with Crippen LogP contribution in [0.2, 0.25) is 0 Å². The summed E-state index contributed by atoms with van der Waals surface area (Å²) in [6.07, 6.45) is 8.05. The number of hydrogen-bond acceptors (Lipinski definition) is 10. The molecule has 264 valence electrons. The van der Waals surface area contributed by atoms with Crippen LogP contribution in [0.3, 0.4) is 0 Å². The van der Waals surface area contributed by atoms with Crippen molar-refractivity contribution >= 4 is 51.3 Å². The molecule has 0 bridgehead atoms. The molecule has 2 N–H and O–H groups in total. The van der Waals surface area contributed by atoms with Gasteiger partial charge in [-0.15, -0.1) is 0 Å². The lowest BCUT2D eigenvalue weighted by atomic mass is 9.92. The van der Waals surface area contributed by atoms with E-state index < -0.39 is 23.8 Å². The quantitative estimate of drug-likeness (QED) is 0.242. The zero-order valence-electron chi connectivity index (χ0n) is 28.8. The molecule has 0 radical (unpaired) electrons. The van der Waals surface area contributed by atoms with Gasteiger partial charge >= 0.3 is 0 Å². The second kappa shape index (κ2) is 13.2. The number of anilines is 1. The van der Waals surface area contributed by atoms with E-state index in [1.807, 2.05) is 24.5 Å². The number of aromatic nitrogens is 4. The van der Waals surface area contributed by atoms with Crippen LogP contribution in [0.4, 0.5) is 5.69 Å². The number of imide groups is 2. The molecule has 8 heterocycles. The number of rotatable bonds is 7. The maximum absolute atomic E-state index is 13.3. The molecule has 4 aromatic heterocycles. The molecule has 3 saturated heterocycles. The molecule has 4 amide bonds. The second-order valence-corrected chi connectivity index (χ2v) is 14.2. The Morgan fingerprint density at radius 3 is 2.31 bits per heavy atom. The normalized spacial score (nSPS) is 20.7. The van der Waals surface area contributed by atoms with E-state index in [0.717, 1.165) is 115 Å². The largest absolute Gasteiger partial charge is 0.369 e. The van der Waals surface area contributed by atoms with Crippen LogP contribution < -0.4 is 10.2 Å². The number of amides is 4. The zero-order valence-corrected chi connectivity index (χ0v) is 28.8. The Morgan fingerprint density at radius 1 is 0.750 bits per heavy atom. The minimum absolute atomic E-state index is 0.104. The van der Waals surface area contributed by atoms with Crippen LogP contribution in [0.25, 0.3) is 33.2 Å². The third-order valence-electron chi connectivity index (χ3n) is 11.2. The third-order valence-corrected chi connectivity index (χ3v) is 11.2. The van der Waals surface area contributed by atoms with Gasteiger partial charge in [0.25, 0.3) is 11.8 Å². The minimum Gasteiger partial charge on any atom is -0.369 e. The van der Waals surface area contributed by atoms with Crippen molar-refractivity contribution in [2.45, 2.75) is 37.6 Å². The van der Waals surface area contributed by atoms with E-state index in [4.69, 9.17) is 9.97 Å². The van der Waals surface area contributed by atoms with Crippen LogP contribution >= 0.6 is 0 Å². The number of hydrogen-bond donors (Lipinski definition) is 2. The van der Waals surface area contributed by atoms with Crippen molar-refractivity contribution in [1.82, 2.24) is 40.0 Å². The van der Waals surface area contributed by atoms with Gasteiger partial charge in [0, 0.05) is 97.9 Å². The van der Waals surface area contributed by atoms with E-state index in [9.17, 15) is 19.2 Å². The Bertz CT molecular complexity index is 2220. The lowest BCUT2D eigenvalue weighted by Gasteiger charge is -2.38. The lowest BCUT2D eigenvalue weighted by molar-refractivity contribution is -0.136. The van der Waals surface area contributed by atoms with Gasteiger partial charge in [-0.05, 0) is 80.9 Å². The molecule has 13 nitrogen and oxygen atoms in total. The maximum Gasteiger partial charge on any atom is 0.262 e. The van der Waals surface area contributed by atoms with Crippen molar-refractivity contribution in [1.29, 1.82) is 0 Å². The number of nitrogens with one attached hydrogen (secondary N) is 2. The fraction of sp³-hybridized carbons (Fsp3) is 0.359. The Labute approximate surface area is 300 Å². The summed E-state index contributed by atoms with van der Waals surface area (Å²) >= 11 is 0. The highest BCUT2D eigenvalue weighted by molar-refractivity contribution is 6.23. The molecule has 52 heavy (non-hydrogen) atoms. The van der Waals surface area contributed by atoms with Crippen LogP contribution in [0.15, 0.2) is 67.1 Å². The van der Waals surface area contributed by atoms with Crippen LogP contribution in [0, 0.1) is 0 Å². The predicted octanol–water partition coefficient (Wildman–Crippen LogP) is 3.58. The van der Waals surface area contributed by atoms with E-state index in [-0.39, 0.29) is 18.7 Å². The first-order valence-corrected chi connectivity index (χ1v) is 18.1. The molecule has 0 spiro atoms. The predicted molar refractivity (Wildman–Crippen MR) is 195 cm³/mol. The van der Waals surface area contributed by atoms with Gasteiger partial charge in [-0.25, -0.2) is 4.98 Å². The van der Waals surface area contributed by atoms with Crippen molar-refractivity contribution in [3.05, 3.63) is 83.9 Å². The molecule has 4 aliphatic rings. The number of piperidine rings is 2. The molecule has 9 rings (SSSR count). The number of aromatic amines is 1. The third kappa shape index (κ3) is 5.89. The summed E-state index contributed by atoms with van der Waals surface area (Å²) in [4.78, 5) is 76.1. The molecule has 1 unspecified atom stereocenters. The zero-order chi connectivity index (χ0) is 35.3. The molecule has 5 aromatic rings. The number of H-pyrrole nitrogens is 1. The lowest BCUT2D eigenvalue weighted by Crippen LogP contribution is -2.54. The van der Waals surface area contributed by atoms with E-state index in [1.165, 1.54) is 0 Å². The topological polar surface area (TPSA) is 148 Å². The van der Waals surface area contributed by atoms with Crippen molar-refractivity contribution in [2.75, 3.05) is 57.3 Å². The van der Waals surface area contributed by atoms with Gasteiger partial charge in [0.15, 0.2) is 0 Å². The van der Waals surface area contributed by atoms with Gasteiger partial charge in [0.05, 0.1) is 22.3 Å². The smallest absolute Gasteiger partial charge is 0.262 e. The van der Waals surface area contributed by atoms with Gasteiger partial charge in [-0.2, -0.15) is 0 Å². The SMILES string of the molecule is O=C1CCC(N2C(=O)c3ccc(N4CCN(CCN5CCC(c6ccc(-c7ccc8c(n7)[nH]c7ccncc78)cn6)CC5)CC4)cc3C2=O)C(=O)N1. The number of fused-ring (bicyclic) bond motifs is 4. The monoisotopic (exact) mass is 697 g/mol. The number of piperazine rings is 1. The van der Waals surface area contributed by atoms with Crippen molar-refractivity contribution in [2.24, 2.45) is 0 Å². The highest BCUT2D eigenvalue weighted by Crippen LogP contribution is 2.32. The second-order valence-electron chi connectivity index (χ2n) is 14.2. The van der Waals surface area contributed by atoms with E-state index >= 15 is 0 Å². The highest BCUT2D eigenvalue weighted by atomic mass is 16.2. The van der Waals surface area contributed by atoms with E-state index in [1.54, 1.807) is 18.3 Å². The van der Waals surface area contributed by atoms with Gasteiger partial charge < -0.3 is 14.8 Å². The van der Waals surface area contributed by atoms with Gasteiger partial charge in [-0.3, -0.25) is 44.3 Å². The van der Waals surface area contributed by atoms with Crippen molar-refractivity contribution in [3.8, 4) is 11.3 Å². The molecule has 1 aromatic carbocycles. The molecule has 0 saturated carbocycles. The Hall–Kier alpha value is -5.53. The average molecular weight is 698 g/mol. The van der Waals surface area contributed by atoms with Gasteiger partial charge in [-0.1, -0.05) is 0 Å². The molecule has 3 fully saturated rings.